The van der Waals surface area contributed by atoms with Crippen LogP contribution in [0.15, 0.2) is 0 Å². The zero-order valence-electron chi connectivity index (χ0n) is 10.8. The summed E-state index contributed by atoms with van der Waals surface area (Å²) >= 11 is 0. The highest BCUT2D eigenvalue weighted by molar-refractivity contribution is 5.77. The topological polar surface area (TPSA) is 78.9 Å². The van der Waals surface area contributed by atoms with Gasteiger partial charge in [-0.1, -0.05) is 0 Å². The molecule has 0 saturated heterocycles. The zero-order chi connectivity index (χ0) is 15.2. The molecule has 9 heteroatoms. The van der Waals surface area contributed by atoms with Gasteiger partial charge in [0, 0.05) is 13.2 Å². The van der Waals surface area contributed by atoms with Crippen LogP contribution in [0.5, 0.6) is 0 Å². The van der Waals surface area contributed by atoms with Crippen molar-refractivity contribution < 1.29 is 32.6 Å². The van der Waals surface area contributed by atoms with Gasteiger partial charge in [-0.05, 0) is 13.8 Å². The van der Waals surface area contributed by atoms with Crippen LogP contribution in [-0.2, 0) is 9.53 Å². The summed E-state index contributed by atoms with van der Waals surface area (Å²) in [4.78, 5) is 22.7. The predicted octanol–water partition coefficient (Wildman–Crippen LogP) is 1.07. The molecule has 1 atom stereocenters. The Morgan fingerprint density at radius 1 is 1.37 bits per heavy atom. The van der Waals surface area contributed by atoms with Crippen molar-refractivity contribution >= 4 is 12.0 Å². The number of carbonyl (C=O) groups is 2. The van der Waals surface area contributed by atoms with E-state index in [-0.39, 0.29) is 0 Å². The highest BCUT2D eigenvalue weighted by atomic mass is 19.4. The van der Waals surface area contributed by atoms with E-state index in [9.17, 15) is 22.8 Å². The number of methoxy groups -OCH3 is 1. The SMILES string of the molecule is COC(CNC(=O)N(CC(F)(F)F)C(C)C)C(=O)O. The number of amides is 2. The van der Waals surface area contributed by atoms with Crippen molar-refractivity contribution in [1.82, 2.24) is 10.2 Å². The van der Waals surface area contributed by atoms with E-state index in [0.29, 0.717) is 4.90 Å². The molecule has 0 aliphatic heterocycles. The van der Waals surface area contributed by atoms with Gasteiger partial charge < -0.3 is 20.1 Å². The number of nitrogens with one attached hydrogen (secondary N) is 1. The number of carboxylic acids is 1. The summed E-state index contributed by atoms with van der Waals surface area (Å²) in [5.74, 6) is -1.31. The third-order valence-corrected chi connectivity index (χ3v) is 2.23. The molecular formula is C10H17F3N2O4. The lowest BCUT2D eigenvalue weighted by Crippen LogP contribution is -2.50. The van der Waals surface area contributed by atoms with Crippen LogP contribution in [0.1, 0.15) is 13.8 Å². The van der Waals surface area contributed by atoms with Gasteiger partial charge in [-0.2, -0.15) is 13.2 Å². The lowest BCUT2D eigenvalue weighted by atomic mass is 10.3. The molecule has 1 unspecified atom stereocenters. The number of hydrogen-bond donors (Lipinski definition) is 2. The number of nitrogens with zero attached hydrogens (tertiary/aromatic N) is 1. The summed E-state index contributed by atoms with van der Waals surface area (Å²) in [7, 11) is 1.13. The fourth-order valence-electron chi connectivity index (χ4n) is 1.24. The molecule has 0 aromatic heterocycles. The molecule has 0 radical (unpaired) electrons. The van der Waals surface area contributed by atoms with E-state index in [0.717, 1.165) is 7.11 Å². The third kappa shape index (κ3) is 6.85. The summed E-state index contributed by atoms with van der Waals surface area (Å²) in [6, 6.07) is -1.66. The molecule has 0 rings (SSSR count). The minimum Gasteiger partial charge on any atom is -0.479 e. The van der Waals surface area contributed by atoms with Crippen molar-refractivity contribution in [2.45, 2.75) is 32.2 Å². The lowest BCUT2D eigenvalue weighted by Gasteiger charge is -2.28. The average Bonchev–Trinajstić information content (AvgIpc) is 2.24. The van der Waals surface area contributed by atoms with Gasteiger partial charge in [0.05, 0.1) is 6.54 Å². The maximum atomic E-state index is 12.3. The minimum atomic E-state index is -4.52. The van der Waals surface area contributed by atoms with Gasteiger partial charge in [-0.3, -0.25) is 0 Å². The summed E-state index contributed by atoms with van der Waals surface area (Å²) in [6.45, 7) is 1.04. The fourth-order valence-corrected chi connectivity index (χ4v) is 1.24. The normalized spacial score (nSPS) is 13.2. The zero-order valence-corrected chi connectivity index (χ0v) is 10.8. The van der Waals surface area contributed by atoms with E-state index in [1.54, 1.807) is 0 Å². The molecule has 2 amide bonds. The lowest BCUT2D eigenvalue weighted by molar-refractivity contribution is -0.148. The number of carbonyl (C=O) groups excluding carboxylic acids is 1. The summed E-state index contributed by atoms with van der Waals surface area (Å²) in [5, 5.41) is 10.8. The number of alkyl halides is 3. The van der Waals surface area contributed by atoms with Crippen LogP contribution >= 0.6 is 0 Å². The molecule has 0 aromatic rings. The molecule has 0 aliphatic carbocycles. The Labute approximate surface area is 108 Å². The van der Waals surface area contributed by atoms with Gasteiger partial charge in [-0.15, -0.1) is 0 Å². The van der Waals surface area contributed by atoms with E-state index >= 15 is 0 Å². The van der Waals surface area contributed by atoms with Crippen molar-refractivity contribution in [3.63, 3.8) is 0 Å². The molecule has 0 spiro atoms. The van der Waals surface area contributed by atoms with Crippen LogP contribution in [0.3, 0.4) is 0 Å². The van der Waals surface area contributed by atoms with E-state index in [1.165, 1.54) is 13.8 Å². The predicted molar refractivity (Wildman–Crippen MR) is 59.7 cm³/mol. The molecule has 0 bridgehead atoms. The number of rotatable bonds is 6. The molecule has 6 nitrogen and oxygen atoms in total. The van der Waals surface area contributed by atoms with Gasteiger partial charge in [0.25, 0.3) is 0 Å². The first-order valence-electron chi connectivity index (χ1n) is 5.45. The molecule has 2 N–H and O–H groups in total. The molecule has 0 aromatic carbocycles. The molecule has 19 heavy (non-hydrogen) atoms. The fraction of sp³-hybridized carbons (Fsp3) is 0.800. The smallest absolute Gasteiger partial charge is 0.406 e. The Kier molecular flexibility index (Phi) is 6.60. The van der Waals surface area contributed by atoms with Crippen molar-refractivity contribution in [2.24, 2.45) is 0 Å². The second-order valence-corrected chi connectivity index (χ2v) is 4.09. The number of halogens is 3. The maximum Gasteiger partial charge on any atom is 0.406 e. The van der Waals surface area contributed by atoms with Crippen molar-refractivity contribution in [3.05, 3.63) is 0 Å². The van der Waals surface area contributed by atoms with Gasteiger partial charge in [0.2, 0.25) is 0 Å². The monoisotopic (exact) mass is 286 g/mol. The first-order valence-corrected chi connectivity index (χ1v) is 5.45. The summed E-state index contributed by atoms with van der Waals surface area (Å²) in [6.07, 6.45) is -5.82. The number of ether oxygens (including phenoxy) is 1. The van der Waals surface area contributed by atoms with Crippen LogP contribution < -0.4 is 5.32 Å². The van der Waals surface area contributed by atoms with Crippen LogP contribution in [0.2, 0.25) is 0 Å². The van der Waals surface area contributed by atoms with E-state index in [4.69, 9.17) is 5.11 Å². The number of urea groups is 1. The Balaban J connectivity index is 4.54. The third-order valence-electron chi connectivity index (χ3n) is 2.23. The van der Waals surface area contributed by atoms with E-state index in [1.807, 2.05) is 0 Å². The highest BCUT2D eigenvalue weighted by Crippen LogP contribution is 2.18. The van der Waals surface area contributed by atoms with Crippen LogP contribution in [-0.4, -0.2) is 60.5 Å². The molecule has 112 valence electrons. The molecule has 0 fully saturated rings. The second kappa shape index (κ2) is 7.17. The van der Waals surface area contributed by atoms with Crippen molar-refractivity contribution in [1.29, 1.82) is 0 Å². The van der Waals surface area contributed by atoms with Crippen molar-refractivity contribution in [2.75, 3.05) is 20.2 Å². The Morgan fingerprint density at radius 2 is 1.89 bits per heavy atom. The largest absolute Gasteiger partial charge is 0.479 e. The first kappa shape index (κ1) is 17.5. The van der Waals surface area contributed by atoms with Crippen LogP contribution in [0.25, 0.3) is 0 Å². The second-order valence-electron chi connectivity index (χ2n) is 4.09. The quantitative estimate of drug-likeness (QED) is 0.765. The van der Waals surface area contributed by atoms with Crippen LogP contribution in [0.4, 0.5) is 18.0 Å². The highest BCUT2D eigenvalue weighted by Gasteiger charge is 2.34. The number of aliphatic carboxylic acids is 1. The standard InChI is InChI=1S/C10H17F3N2O4/c1-6(2)15(5-10(11,12)13)9(18)14-4-7(19-3)8(16)17/h6-7H,4-5H2,1-3H3,(H,14,18)(H,16,17). The Hall–Kier alpha value is -1.51. The minimum absolute atomic E-state index is 0.411. The van der Waals surface area contributed by atoms with E-state index in [2.05, 4.69) is 10.1 Å². The van der Waals surface area contributed by atoms with Gasteiger partial charge in [0.1, 0.15) is 6.54 Å². The summed E-state index contributed by atoms with van der Waals surface area (Å²) in [5.41, 5.74) is 0. The summed E-state index contributed by atoms with van der Waals surface area (Å²) < 4.78 is 41.4. The van der Waals surface area contributed by atoms with Gasteiger partial charge in [0.15, 0.2) is 6.10 Å². The Morgan fingerprint density at radius 3 is 2.21 bits per heavy atom. The molecule has 0 saturated carbocycles. The Bertz CT molecular complexity index is 320. The molecule has 0 aliphatic rings. The van der Waals surface area contributed by atoms with E-state index < -0.39 is 43.4 Å². The number of carboxylic acid groups (broad SMARTS) is 1. The first-order chi connectivity index (χ1) is 8.58. The number of hydrogen-bond acceptors (Lipinski definition) is 3. The average molecular weight is 286 g/mol. The van der Waals surface area contributed by atoms with Crippen LogP contribution in [0, 0.1) is 0 Å². The van der Waals surface area contributed by atoms with Crippen molar-refractivity contribution in [3.8, 4) is 0 Å². The maximum absolute atomic E-state index is 12.3. The van der Waals surface area contributed by atoms with Gasteiger partial charge >= 0.3 is 18.2 Å². The van der Waals surface area contributed by atoms with Gasteiger partial charge in [-0.25, -0.2) is 9.59 Å². The molecular weight excluding hydrogens is 269 g/mol. The molecule has 0 heterocycles.